The zero-order valence-corrected chi connectivity index (χ0v) is 9.58. The smallest absolute Gasteiger partial charge is 0.303 e. The van der Waals surface area contributed by atoms with Crippen molar-refractivity contribution in [2.24, 2.45) is 0 Å². The van der Waals surface area contributed by atoms with Crippen LogP contribution in [-0.2, 0) is 11.2 Å². The summed E-state index contributed by atoms with van der Waals surface area (Å²) in [6.07, 6.45) is 2.20. The van der Waals surface area contributed by atoms with E-state index in [2.05, 4.69) is 4.98 Å². The van der Waals surface area contributed by atoms with E-state index in [0.717, 1.165) is 22.0 Å². The summed E-state index contributed by atoms with van der Waals surface area (Å²) in [5.41, 5.74) is 1.84. The molecule has 5 heteroatoms. The maximum atomic E-state index is 10.4. The van der Waals surface area contributed by atoms with Gasteiger partial charge in [0.05, 0.1) is 18.4 Å². The average Bonchev–Trinajstić information content (AvgIpc) is 2.83. The Bertz CT molecular complexity index is 501. The summed E-state index contributed by atoms with van der Waals surface area (Å²) < 4.78 is 5.32. The lowest BCUT2D eigenvalue weighted by molar-refractivity contribution is -0.136. The van der Waals surface area contributed by atoms with Gasteiger partial charge in [-0.3, -0.25) is 4.79 Å². The standard InChI is InChI=1S/C11H11NO3S/c1-7-4-5-15-10(7)11-12-8(6-16-11)2-3-9(13)14/h4-6H,2-3H2,1H3,(H,13,14). The van der Waals surface area contributed by atoms with Crippen molar-refractivity contribution in [2.45, 2.75) is 19.8 Å². The lowest BCUT2D eigenvalue weighted by Crippen LogP contribution is -1.97. The highest BCUT2D eigenvalue weighted by Gasteiger charge is 2.10. The van der Waals surface area contributed by atoms with E-state index in [0.29, 0.717) is 6.42 Å². The van der Waals surface area contributed by atoms with Crippen molar-refractivity contribution >= 4 is 17.3 Å². The van der Waals surface area contributed by atoms with Crippen LogP contribution in [0.2, 0.25) is 0 Å². The Kier molecular flexibility index (Phi) is 3.05. The highest BCUT2D eigenvalue weighted by molar-refractivity contribution is 7.13. The zero-order valence-electron chi connectivity index (χ0n) is 8.77. The number of thiazole rings is 1. The predicted octanol–water partition coefficient (Wildman–Crippen LogP) is 2.73. The molecule has 0 aromatic carbocycles. The fourth-order valence-electron chi connectivity index (χ4n) is 1.35. The minimum atomic E-state index is -0.802. The number of carboxylic acids is 1. The van der Waals surface area contributed by atoms with Crippen LogP contribution in [0.4, 0.5) is 0 Å². The van der Waals surface area contributed by atoms with E-state index < -0.39 is 5.97 Å². The summed E-state index contributed by atoms with van der Waals surface area (Å²) in [7, 11) is 0. The number of carboxylic acid groups (broad SMARTS) is 1. The molecule has 0 bridgehead atoms. The van der Waals surface area contributed by atoms with Gasteiger partial charge in [-0.25, -0.2) is 4.98 Å². The molecule has 0 spiro atoms. The van der Waals surface area contributed by atoms with Crippen molar-refractivity contribution in [1.29, 1.82) is 0 Å². The molecule has 16 heavy (non-hydrogen) atoms. The van der Waals surface area contributed by atoms with Crippen molar-refractivity contribution in [3.05, 3.63) is 29.0 Å². The van der Waals surface area contributed by atoms with Crippen LogP contribution in [-0.4, -0.2) is 16.1 Å². The van der Waals surface area contributed by atoms with Gasteiger partial charge in [0.2, 0.25) is 0 Å². The molecule has 2 heterocycles. The number of carbonyl (C=O) groups is 1. The molecule has 0 saturated heterocycles. The van der Waals surface area contributed by atoms with Crippen molar-refractivity contribution in [2.75, 3.05) is 0 Å². The highest BCUT2D eigenvalue weighted by Crippen LogP contribution is 2.27. The number of furan rings is 1. The second kappa shape index (κ2) is 4.49. The molecular weight excluding hydrogens is 226 g/mol. The van der Waals surface area contributed by atoms with Gasteiger partial charge in [0.1, 0.15) is 0 Å². The van der Waals surface area contributed by atoms with Gasteiger partial charge in [-0.2, -0.15) is 0 Å². The molecule has 2 aromatic rings. The van der Waals surface area contributed by atoms with E-state index >= 15 is 0 Å². The van der Waals surface area contributed by atoms with E-state index in [9.17, 15) is 4.79 Å². The van der Waals surface area contributed by atoms with E-state index in [1.807, 2.05) is 18.4 Å². The normalized spacial score (nSPS) is 10.6. The summed E-state index contributed by atoms with van der Waals surface area (Å²) in [6, 6.07) is 1.88. The first-order valence-corrected chi connectivity index (χ1v) is 5.75. The van der Waals surface area contributed by atoms with Crippen molar-refractivity contribution in [1.82, 2.24) is 4.98 Å². The first kappa shape index (κ1) is 10.9. The van der Waals surface area contributed by atoms with Gasteiger partial charge >= 0.3 is 5.97 Å². The molecule has 0 radical (unpaired) electrons. The third-order valence-electron chi connectivity index (χ3n) is 2.20. The molecule has 0 amide bonds. The Balaban J connectivity index is 2.14. The summed E-state index contributed by atoms with van der Waals surface area (Å²) in [5, 5.41) is 11.3. The molecule has 84 valence electrons. The van der Waals surface area contributed by atoms with E-state index in [1.54, 1.807) is 6.26 Å². The summed E-state index contributed by atoms with van der Waals surface area (Å²) in [5.74, 6) is -0.0321. The van der Waals surface area contributed by atoms with Crippen LogP contribution in [0.1, 0.15) is 17.7 Å². The molecule has 2 rings (SSSR count). The van der Waals surface area contributed by atoms with Crippen molar-refractivity contribution < 1.29 is 14.3 Å². The Morgan fingerprint density at radius 1 is 1.62 bits per heavy atom. The molecule has 0 unspecified atom stereocenters. The van der Waals surface area contributed by atoms with E-state index in [4.69, 9.17) is 9.52 Å². The maximum absolute atomic E-state index is 10.4. The maximum Gasteiger partial charge on any atom is 0.303 e. The molecule has 2 aromatic heterocycles. The third kappa shape index (κ3) is 2.30. The highest BCUT2D eigenvalue weighted by atomic mass is 32.1. The Morgan fingerprint density at radius 3 is 3.06 bits per heavy atom. The lowest BCUT2D eigenvalue weighted by Gasteiger charge is -1.92. The van der Waals surface area contributed by atoms with Crippen LogP contribution >= 0.6 is 11.3 Å². The molecule has 0 aliphatic rings. The minimum Gasteiger partial charge on any atom is -0.481 e. The third-order valence-corrected chi connectivity index (χ3v) is 3.09. The molecule has 0 saturated carbocycles. The largest absolute Gasteiger partial charge is 0.481 e. The second-order valence-corrected chi connectivity index (χ2v) is 4.33. The SMILES string of the molecule is Cc1ccoc1-c1nc(CCC(=O)O)cs1. The van der Waals surface area contributed by atoms with Crippen molar-refractivity contribution in [3.63, 3.8) is 0 Å². The topological polar surface area (TPSA) is 63.3 Å². The fraction of sp³-hybridized carbons (Fsp3) is 0.273. The van der Waals surface area contributed by atoms with E-state index in [1.165, 1.54) is 11.3 Å². The zero-order chi connectivity index (χ0) is 11.5. The van der Waals surface area contributed by atoms with Crippen LogP contribution in [0.25, 0.3) is 10.8 Å². The van der Waals surface area contributed by atoms with Gasteiger partial charge in [0, 0.05) is 11.8 Å². The number of hydrogen-bond acceptors (Lipinski definition) is 4. The van der Waals surface area contributed by atoms with Gasteiger partial charge in [-0.05, 0) is 18.6 Å². The predicted molar refractivity (Wildman–Crippen MR) is 60.5 cm³/mol. The number of hydrogen-bond donors (Lipinski definition) is 1. The van der Waals surface area contributed by atoms with Crippen LogP contribution in [0.5, 0.6) is 0 Å². The second-order valence-electron chi connectivity index (χ2n) is 3.47. The molecular formula is C11H11NO3S. The van der Waals surface area contributed by atoms with Gasteiger partial charge in [-0.15, -0.1) is 11.3 Å². The molecule has 1 N–H and O–H groups in total. The Hall–Kier alpha value is -1.62. The summed E-state index contributed by atoms with van der Waals surface area (Å²) in [4.78, 5) is 14.8. The van der Waals surface area contributed by atoms with Crippen LogP contribution in [0, 0.1) is 6.92 Å². The molecule has 4 nitrogen and oxygen atoms in total. The first-order chi connectivity index (χ1) is 7.66. The molecule has 0 aliphatic carbocycles. The average molecular weight is 237 g/mol. The van der Waals surface area contributed by atoms with Gasteiger partial charge in [-0.1, -0.05) is 0 Å². The first-order valence-electron chi connectivity index (χ1n) is 4.87. The molecule has 0 fully saturated rings. The number of aliphatic carboxylic acids is 1. The minimum absolute atomic E-state index is 0.111. The monoisotopic (exact) mass is 237 g/mol. The van der Waals surface area contributed by atoms with Gasteiger partial charge in [0.15, 0.2) is 10.8 Å². The van der Waals surface area contributed by atoms with Gasteiger partial charge in [0.25, 0.3) is 0 Å². The van der Waals surface area contributed by atoms with Crippen LogP contribution < -0.4 is 0 Å². The number of nitrogens with zero attached hydrogens (tertiary/aromatic N) is 1. The summed E-state index contributed by atoms with van der Waals surface area (Å²) in [6.45, 7) is 1.96. The quantitative estimate of drug-likeness (QED) is 0.888. The molecule has 0 atom stereocenters. The number of rotatable bonds is 4. The van der Waals surface area contributed by atoms with E-state index in [-0.39, 0.29) is 6.42 Å². The number of aryl methyl sites for hydroxylation is 2. The van der Waals surface area contributed by atoms with Crippen molar-refractivity contribution in [3.8, 4) is 10.8 Å². The van der Waals surface area contributed by atoms with Crippen LogP contribution in [0.3, 0.4) is 0 Å². The fourth-order valence-corrected chi connectivity index (χ4v) is 2.26. The lowest BCUT2D eigenvalue weighted by atomic mass is 10.2. The Labute approximate surface area is 96.6 Å². The molecule has 0 aliphatic heterocycles. The Morgan fingerprint density at radius 2 is 2.44 bits per heavy atom. The van der Waals surface area contributed by atoms with Crippen LogP contribution in [0.15, 0.2) is 22.1 Å². The summed E-state index contributed by atoms with van der Waals surface area (Å²) >= 11 is 1.48. The van der Waals surface area contributed by atoms with Gasteiger partial charge < -0.3 is 9.52 Å². The number of aromatic nitrogens is 1.